The summed E-state index contributed by atoms with van der Waals surface area (Å²) in [6, 6.07) is 0. The van der Waals surface area contributed by atoms with Gasteiger partial charge in [-0.2, -0.15) is 0 Å². The average Bonchev–Trinajstić information content (AvgIpc) is 2.53. The van der Waals surface area contributed by atoms with Crippen LogP contribution in [0.3, 0.4) is 0 Å². The topological polar surface area (TPSA) is 27.7 Å². The number of ether oxygens (including phenoxy) is 1. The van der Waals surface area contributed by atoms with Crippen molar-refractivity contribution in [3.05, 3.63) is 0 Å². The first-order valence-electron chi connectivity index (χ1n) is 8.30. The molecule has 1 aliphatic rings. The van der Waals surface area contributed by atoms with Crippen LogP contribution in [0.25, 0.3) is 0 Å². The van der Waals surface area contributed by atoms with Gasteiger partial charge in [-0.15, -0.1) is 0 Å². The van der Waals surface area contributed by atoms with Crippen LogP contribution < -0.4 is 5.32 Å². The van der Waals surface area contributed by atoms with Crippen LogP contribution in [-0.2, 0) is 4.74 Å². The Morgan fingerprint density at radius 2 is 1.50 bits per heavy atom. The third-order valence-corrected chi connectivity index (χ3v) is 2.64. The first-order chi connectivity index (χ1) is 9.70. The van der Waals surface area contributed by atoms with Crippen molar-refractivity contribution in [1.29, 1.82) is 0 Å². The highest BCUT2D eigenvalue weighted by Gasteiger charge is 2.08. The zero-order chi connectivity index (χ0) is 16.2. The van der Waals surface area contributed by atoms with E-state index in [1.54, 1.807) is 0 Å². The molecule has 1 fully saturated rings. The molecule has 0 aromatic heterocycles. The number of hydrogen-bond acceptors (Lipinski definition) is 4. The number of nitrogens with zero attached hydrogens (tertiary/aromatic N) is 2. The van der Waals surface area contributed by atoms with Crippen molar-refractivity contribution in [3.8, 4) is 0 Å². The van der Waals surface area contributed by atoms with Gasteiger partial charge in [-0.25, -0.2) is 0 Å². The normalized spacial score (nSPS) is 14.2. The Hall–Kier alpha value is -0.160. The number of morpholine rings is 1. The maximum atomic E-state index is 5.25. The minimum Gasteiger partial charge on any atom is -0.379 e. The Morgan fingerprint density at radius 1 is 1.05 bits per heavy atom. The van der Waals surface area contributed by atoms with Crippen LogP contribution in [0.5, 0.6) is 0 Å². The van der Waals surface area contributed by atoms with Crippen LogP contribution in [0, 0.1) is 0 Å². The fraction of sp³-hybridized carbons (Fsp3) is 1.00. The van der Waals surface area contributed by atoms with Crippen LogP contribution in [0.1, 0.15) is 41.0 Å². The van der Waals surface area contributed by atoms with E-state index in [1.807, 2.05) is 34.7 Å². The molecule has 4 nitrogen and oxygen atoms in total. The van der Waals surface area contributed by atoms with E-state index in [9.17, 15) is 0 Å². The monoisotopic (exact) mass is 291 g/mol. The Labute approximate surface area is 128 Å². The predicted molar refractivity (Wildman–Crippen MR) is 92.7 cm³/mol. The molecule has 1 aliphatic heterocycles. The van der Waals surface area contributed by atoms with E-state index in [0.717, 1.165) is 39.4 Å². The zero-order valence-corrected chi connectivity index (χ0v) is 15.5. The summed E-state index contributed by atoms with van der Waals surface area (Å²) in [6.07, 6.45) is 1.25. The second-order valence-corrected chi connectivity index (χ2v) is 4.31. The quantitative estimate of drug-likeness (QED) is 0.788. The number of nitrogens with one attached hydrogen (secondary N) is 1. The summed E-state index contributed by atoms with van der Waals surface area (Å²) in [5.41, 5.74) is 0. The van der Waals surface area contributed by atoms with Crippen molar-refractivity contribution >= 4 is 0 Å². The fourth-order valence-electron chi connectivity index (χ4n) is 1.30. The van der Waals surface area contributed by atoms with Gasteiger partial charge >= 0.3 is 0 Å². The Morgan fingerprint density at radius 3 is 1.85 bits per heavy atom. The lowest BCUT2D eigenvalue weighted by Gasteiger charge is -2.26. The molecule has 0 unspecified atom stereocenters. The Bertz CT molecular complexity index is 138. The second-order valence-electron chi connectivity index (χ2n) is 4.31. The van der Waals surface area contributed by atoms with E-state index >= 15 is 0 Å². The van der Waals surface area contributed by atoms with Crippen molar-refractivity contribution < 1.29 is 4.74 Å². The van der Waals surface area contributed by atoms with Crippen LogP contribution in [-0.4, -0.2) is 76.9 Å². The van der Waals surface area contributed by atoms with Gasteiger partial charge in [0.25, 0.3) is 0 Å². The standard InChI is InChI=1S/C8H18N2O.C4H11N.2C2H6/c1-9-3-2-4-10-5-7-11-8-6-10;1-4-5(2)3;2*1-2/h9H,2-8H2,1H3;4H2,1-3H3;2*1-2H3. The summed E-state index contributed by atoms with van der Waals surface area (Å²) in [5, 5.41) is 3.15. The van der Waals surface area contributed by atoms with E-state index in [-0.39, 0.29) is 0 Å². The molecule has 1 rings (SSSR count). The molecule has 20 heavy (non-hydrogen) atoms. The van der Waals surface area contributed by atoms with Crippen LogP contribution >= 0.6 is 0 Å². The third-order valence-electron chi connectivity index (χ3n) is 2.64. The highest BCUT2D eigenvalue weighted by Crippen LogP contribution is 1.96. The van der Waals surface area contributed by atoms with Gasteiger partial charge in [0.05, 0.1) is 13.2 Å². The van der Waals surface area contributed by atoms with E-state index in [4.69, 9.17) is 4.74 Å². The van der Waals surface area contributed by atoms with Crippen molar-refractivity contribution in [2.45, 2.75) is 41.0 Å². The first kappa shape index (κ1) is 24.8. The summed E-state index contributed by atoms with van der Waals surface area (Å²) in [4.78, 5) is 4.58. The molecule has 0 aliphatic carbocycles. The molecular formula is C16H41N3O. The van der Waals surface area contributed by atoms with Crippen molar-refractivity contribution in [2.24, 2.45) is 0 Å². The van der Waals surface area contributed by atoms with Gasteiger partial charge in [-0.1, -0.05) is 34.6 Å². The Balaban J connectivity index is -0.000000272. The molecular weight excluding hydrogens is 250 g/mol. The van der Waals surface area contributed by atoms with E-state index in [0.29, 0.717) is 0 Å². The van der Waals surface area contributed by atoms with Gasteiger partial charge in [0, 0.05) is 13.1 Å². The minimum absolute atomic E-state index is 0.916. The molecule has 126 valence electrons. The van der Waals surface area contributed by atoms with Gasteiger partial charge in [0.2, 0.25) is 0 Å². The van der Waals surface area contributed by atoms with Gasteiger partial charge in [0.15, 0.2) is 0 Å². The van der Waals surface area contributed by atoms with Gasteiger partial charge in [0.1, 0.15) is 0 Å². The smallest absolute Gasteiger partial charge is 0.0594 e. The lowest BCUT2D eigenvalue weighted by Crippen LogP contribution is -2.37. The van der Waals surface area contributed by atoms with Crippen LogP contribution in [0.4, 0.5) is 0 Å². The van der Waals surface area contributed by atoms with Gasteiger partial charge in [-0.3, -0.25) is 4.90 Å². The van der Waals surface area contributed by atoms with Gasteiger partial charge in [-0.05, 0) is 47.2 Å². The molecule has 4 heteroatoms. The highest BCUT2D eigenvalue weighted by molar-refractivity contribution is 4.61. The van der Waals surface area contributed by atoms with E-state index in [2.05, 4.69) is 36.1 Å². The predicted octanol–water partition coefficient (Wildman–Crippen LogP) is 2.55. The minimum atomic E-state index is 0.916. The molecule has 0 bridgehead atoms. The number of rotatable bonds is 5. The largest absolute Gasteiger partial charge is 0.379 e. The third kappa shape index (κ3) is 23.0. The van der Waals surface area contributed by atoms with E-state index in [1.165, 1.54) is 13.0 Å². The summed E-state index contributed by atoms with van der Waals surface area (Å²) in [6.45, 7) is 17.7. The summed E-state index contributed by atoms with van der Waals surface area (Å²) >= 11 is 0. The molecule has 0 saturated carbocycles. The van der Waals surface area contributed by atoms with E-state index < -0.39 is 0 Å². The highest BCUT2D eigenvalue weighted by atomic mass is 16.5. The fourth-order valence-corrected chi connectivity index (χ4v) is 1.30. The zero-order valence-electron chi connectivity index (χ0n) is 15.5. The molecule has 1 heterocycles. The van der Waals surface area contributed by atoms with Crippen molar-refractivity contribution in [2.75, 3.05) is 67.1 Å². The SMILES string of the molecule is CC.CC.CCN(C)C.CNCCCN1CCOCC1. The van der Waals surface area contributed by atoms with Crippen LogP contribution in [0.15, 0.2) is 0 Å². The van der Waals surface area contributed by atoms with Gasteiger partial charge < -0.3 is 15.0 Å². The summed E-state index contributed by atoms with van der Waals surface area (Å²) in [5.74, 6) is 0. The average molecular weight is 292 g/mol. The summed E-state index contributed by atoms with van der Waals surface area (Å²) < 4.78 is 5.25. The Kier molecular flexibility index (Phi) is 29.7. The lowest BCUT2D eigenvalue weighted by atomic mass is 10.3. The van der Waals surface area contributed by atoms with Crippen molar-refractivity contribution in [1.82, 2.24) is 15.1 Å². The molecule has 0 atom stereocenters. The lowest BCUT2D eigenvalue weighted by molar-refractivity contribution is 0.0375. The molecule has 0 aromatic rings. The maximum Gasteiger partial charge on any atom is 0.0594 e. The molecule has 0 radical (unpaired) electrons. The first-order valence-corrected chi connectivity index (χ1v) is 8.30. The molecule has 0 amide bonds. The molecule has 0 aromatic carbocycles. The second kappa shape index (κ2) is 23.9. The van der Waals surface area contributed by atoms with Crippen LogP contribution in [0.2, 0.25) is 0 Å². The number of hydrogen-bond donors (Lipinski definition) is 1. The maximum absolute atomic E-state index is 5.25. The molecule has 1 saturated heterocycles. The molecule has 0 spiro atoms. The molecule has 1 N–H and O–H groups in total. The summed E-state index contributed by atoms with van der Waals surface area (Å²) in [7, 11) is 6.11. The van der Waals surface area contributed by atoms with Crippen molar-refractivity contribution in [3.63, 3.8) is 0 Å².